The van der Waals surface area contributed by atoms with E-state index in [1.54, 1.807) is 12.1 Å². The minimum absolute atomic E-state index is 0. The molecule has 2 heterocycles. The molecular formula is C28H31ClFNO. The van der Waals surface area contributed by atoms with Crippen molar-refractivity contribution < 1.29 is 9.13 Å². The number of fused-ring (bicyclic) bond motifs is 2. The number of halogens is 2. The van der Waals surface area contributed by atoms with Crippen LogP contribution in [-0.2, 0) is 4.74 Å². The van der Waals surface area contributed by atoms with Gasteiger partial charge in [0.05, 0.1) is 6.61 Å². The Balaban J connectivity index is 0.00000245. The summed E-state index contributed by atoms with van der Waals surface area (Å²) in [4.78, 5) is 2.56. The summed E-state index contributed by atoms with van der Waals surface area (Å²) in [6, 6.07) is 29.3. The molecule has 168 valence electrons. The van der Waals surface area contributed by atoms with Crippen LogP contribution in [0.4, 0.5) is 4.39 Å². The number of ether oxygens (including phenoxy) is 1. The third-order valence-electron chi connectivity index (χ3n) is 7.39. The molecule has 3 aromatic carbocycles. The zero-order valence-electron chi connectivity index (χ0n) is 18.4. The Morgan fingerprint density at radius 3 is 2.06 bits per heavy atom. The van der Waals surface area contributed by atoms with Crippen molar-refractivity contribution in [1.82, 2.24) is 4.90 Å². The van der Waals surface area contributed by atoms with Crippen LogP contribution in [0, 0.1) is 11.7 Å². The second-order valence-electron chi connectivity index (χ2n) is 9.06. The van der Waals surface area contributed by atoms with Crippen LogP contribution in [0.15, 0.2) is 84.9 Å². The minimum Gasteiger partial charge on any atom is -0.368 e. The number of hydrogen-bond acceptors (Lipinski definition) is 2. The van der Waals surface area contributed by atoms with E-state index in [2.05, 4.69) is 60.5 Å². The van der Waals surface area contributed by atoms with Crippen molar-refractivity contribution in [3.63, 3.8) is 0 Å². The SMILES string of the molecule is CN1C2CCC1[C@@H](COC(c1ccccc1)c1ccccc1)C(c1ccc(F)cc1)C2.Cl. The molecule has 2 fully saturated rings. The molecule has 3 aromatic rings. The van der Waals surface area contributed by atoms with Gasteiger partial charge in [-0.2, -0.15) is 0 Å². The van der Waals surface area contributed by atoms with Crippen LogP contribution < -0.4 is 0 Å². The van der Waals surface area contributed by atoms with Crippen LogP contribution in [-0.4, -0.2) is 30.6 Å². The van der Waals surface area contributed by atoms with Crippen molar-refractivity contribution in [2.24, 2.45) is 5.92 Å². The molecule has 2 nitrogen and oxygen atoms in total. The van der Waals surface area contributed by atoms with Crippen LogP contribution in [0.3, 0.4) is 0 Å². The third kappa shape index (κ3) is 4.61. The quantitative estimate of drug-likeness (QED) is 0.417. The van der Waals surface area contributed by atoms with Gasteiger partial charge in [0.1, 0.15) is 11.9 Å². The lowest BCUT2D eigenvalue weighted by Gasteiger charge is -2.43. The Bertz CT molecular complexity index is 942. The first-order chi connectivity index (χ1) is 15.2. The van der Waals surface area contributed by atoms with Gasteiger partial charge in [-0.15, -0.1) is 12.4 Å². The zero-order chi connectivity index (χ0) is 21.2. The molecule has 0 saturated carbocycles. The monoisotopic (exact) mass is 451 g/mol. The number of rotatable bonds is 6. The third-order valence-corrected chi connectivity index (χ3v) is 7.39. The molecule has 0 aromatic heterocycles. The first-order valence-corrected chi connectivity index (χ1v) is 11.4. The average Bonchev–Trinajstić information content (AvgIpc) is 3.05. The fraction of sp³-hybridized carbons (Fsp3) is 0.357. The molecule has 0 radical (unpaired) electrons. The lowest BCUT2D eigenvalue weighted by molar-refractivity contribution is -0.00336. The summed E-state index contributed by atoms with van der Waals surface area (Å²) in [5, 5.41) is 0. The van der Waals surface area contributed by atoms with Crippen molar-refractivity contribution in [3.05, 3.63) is 107 Å². The van der Waals surface area contributed by atoms with Gasteiger partial charge in [0, 0.05) is 18.0 Å². The van der Waals surface area contributed by atoms with Crippen molar-refractivity contribution in [2.45, 2.75) is 43.4 Å². The van der Waals surface area contributed by atoms with E-state index in [1.807, 2.05) is 24.3 Å². The van der Waals surface area contributed by atoms with E-state index in [9.17, 15) is 4.39 Å². The van der Waals surface area contributed by atoms with E-state index in [-0.39, 0.29) is 24.3 Å². The van der Waals surface area contributed by atoms with Crippen LogP contribution in [0.2, 0.25) is 0 Å². The van der Waals surface area contributed by atoms with E-state index in [1.165, 1.54) is 29.5 Å². The van der Waals surface area contributed by atoms with Crippen LogP contribution in [0.1, 0.15) is 48.0 Å². The fourth-order valence-corrected chi connectivity index (χ4v) is 5.75. The molecule has 2 saturated heterocycles. The lowest BCUT2D eigenvalue weighted by atomic mass is 9.76. The summed E-state index contributed by atoms with van der Waals surface area (Å²) in [7, 11) is 2.27. The van der Waals surface area contributed by atoms with Gasteiger partial charge in [-0.3, -0.25) is 0 Å². The maximum Gasteiger partial charge on any atom is 0.123 e. The van der Waals surface area contributed by atoms with Crippen LogP contribution >= 0.6 is 12.4 Å². The summed E-state index contributed by atoms with van der Waals surface area (Å²) >= 11 is 0. The lowest BCUT2D eigenvalue weighted by Crippen LogP contribution is -2.47. The molecule has 0 spiro atoms. The Hall–Kier alpha value is -2.20. The zero-order valence-corrected chi connectivity index (χ0v) is 19.3. The molecule has 0 aliphatic carbocycles. The maximum atomic E-state index is 13.6. The first-order valence-electron chi connectivity index (χ1n) is 11.4. The normalized spacial score (nSPS) is 25.0. The highest BCUT2D eigenvalue weighted by atomic mass is 35.5. The second kappa shape index (κ2) is 10.2. The molecule has 0 N–H and O–H groups in total. The van der Waals surface area contributed by atoms with E-state index in [0.717, 1.165) is 6.42 Å². The molecular weight excluding hydrogens is 421 g/mol. The van der Waals surface area contributed by atoms with E-state index in [0.29, 0.717) is 30.5 Å². The molecule has 4 atom stereocenters. The summed E-state index contributed by atoms with van der Waals surface area (Å²) in [6.07, 6.45) is 3.50. The van der Waals surface area contributed by atoms with Crippen molar-refractivity contribution >= 4 is 12.4 Å². The highest BCUT2D eigenvalue weighted by molar-refractivity contribution is 5.85. The summed E-state index contributed by atoms with van der Waals surface area (Å²) in [5.41, 5.74) is 3.61. The predicted octanol–water partition coefficient (Wildman–Crippen LogP) is 6.62. The molecule has 2 bridgehead atoms. The Morgan fingerprint density at radius 1 is 0.875 bits per heavy atom. The predicted molar refractivity (Wildman–Crippen MR) is 130 cm³/mol. The summed E-state index contributed by atoms with van der Waals surface area (Å²) in [5.74, 6) is 0.631. The average molecular weight is 452 g/mol. The highest BCUT2D eigenvalue weighted by Gasteiger charge is 2.46. The molecule has 2 aliphatic heterocycles. The standard InChI is InChI=1S/C28H30FNO.ClH/c1-30-24-16-17-27(30)26(25(18-24)20-12-14-23(29)15-13-20)19-31-28(21-8-4-2-5-9-21)22-10-6-3-7-11-22;/h2-15,24-28H,16-19H2,1H3;1H/t24?,25?,26-,27?;/m0./s1. The smallest absolute Gasteiger partial charge is 0.123 e. The van der Waals surface area contributed by atoms with Gasteiger partial charge in [-0.05, 0) is 61.1 Å². The first kappa shape index (κ1) is 23.0. The molecule has 4 heteroatoms. The Kier molecular flexibility index (Phi) is 7.30. The molecule has 3 unspecified atom stereocenters. The van der Waals surface area contributed by atoms with E-state index >= 15 is 0 Å². The second-order valence-corrected chi connectivity index (χ2v) is 9.06. The van der Waals surface area contributed by atoms with Gasteiger partial charge in [0.25, 0.3) is 0 Å². The Morgan fingerprint density at radius 2 is 1.47 bits per heavy atom. The summed E-state index contributed by atoms with van der Waals surface area (Å²) in [6.45, 7) is 0.693. The number of piperidine rings is 1. The number of hydrogen-bond donors (Lipinski definition) is 0. The fourth-order valence-electron chi connectivity index (χ4n) is 5.75. The van der Waals surface area contributed by atoms with Crippen LogP contribution in [0.5, 0.6) is 0 Å². The van der Waals surface area contributed by atoms with Crippen molar-refractivity contribution in [3.8, 4) is 0 Å². The summed E-state index contributed by atoms with van der Waals surface area (Å²) < 4.78 is 20.3. The van der Waals surface area contributed by atoms with Crippen molar-refractivity contribution in [2.75, 3.05) is 13.7 Å². The number of nitrogens with zero attached hydrogens (tertiary/aromatic N) is 1. The van der Waals surface area contributed by atoms with Gasteiger partial charge in [-0.25, -0.2) is 4.39 Å². The van der Waals surface area contributed by atoms with Gasteiger partial charge in [0.2, 0.25) is 0 Å². The van der Waals surface area contributed by atoms with Crippen LogP contribution in [0.25, 0.3) is 0 Å². The highest BCUT2D eigenvalue weighted by Crippen LogP contribution is 2.46. The topological polar surface area (TPSA) is 12.5 Å². The molecule has 2 aliphatic rings. The van der Waals surface area contributed by atoms with E-state index in [4.69, 9.17) is 4.74 Å². The van der Waals surface area contributed by atoms with Crippen molar-refractivity contribution in [1.29, 1.82) is 0 Å². The molecule has 5 rings (SSSR count). The van der Waals surface area contributed by atoms with Gasteiger partial charge in [0.15, 0.2) is 0 Å². The van der Waals surface area contributed by atoms with Gasteiger partial charge in [-0.1, -0.05) is 72.8 Å². The maximum absolute atomic E-state index is 13.6. The largest absolute Gasteiger partial charge is 0.368 e. The van der Waals surface area contributed by atoms with E-state index < -0.39 is 0 Å². The number of benzene rings is 3. The Labute approximate surface area is 196 Å². The molecule has 0 amide bonds. The van der Waals surface area contributed by atoms with Gasteiger partial charge >= 0.3 is 0 Å². The molecule has 32 heavy (non-hydrogen) atoms. The minimum atomic E-state index is -0.166. The van der Waals surface area contributed by atoms with Gasteiger partial charge < -0.3 is 9.64 Å².